The molecular weight excluding hydrogens is 440 g/mol. The minimum Gasteiger partial charge on any atom is -0.370 e. The molecule has 1 unspecified atom stereocenters. The summed E-state index contributed by atoms with van der Waals surface area (Å²) in [6, 6.07) is 11.5. The third kappa shape index (κ3) is 4.07. The Hall–Kier alpha value is -2.41. The second-order valence-electron chi connectivity index (χ2n) is 7.89. The number of rotatable bonds is 4. The van der Waals surface area contributed by atoms with Gasteiger partial charge in [-0.3, -0.25) is 4.79 Å². The van der Waals surface area contributed by atoms with Gasteiger partial charge in [-0.1, -0.05) is 35.3 Å². The van der Waals surface area contributed by atoms with Crippen LogP contribution in [0.1, 0.15) is 46.5 Å². The molecule has 5 rings (SSSR count). The van der Waals surface area contributed by atoms with Crippen molar-refractivity contribution in [3.8, 4) is 5.69 Å². The van der Waals surface area contributed by atoms with Gasteiger partial charge in [0.1, 0.15) is 11.9 Å². The second kappa shape index (κ2) is 8.26. The van der Waals surface area contributed by atoms with E-state index in [2.05, 4.69) is 5.10 Å². The zero-order valence-electron chi connectivity index (χ0n) is 16.6. The van der Waals surface area contributed by atoms with E-state index in [1.165, 1.54) is 12.1 Å². The number of nitrogens with zero attached hydrogens (tertiary/aromatic N) is 3. The van der Waals surface area contributed by atoms with E-state index in [1.54, 1.807) is 40.0 Å². The molecule has 31 heavy (non-hydrogen) atoms. The lowest BCUT2D eigenvalue weighted by Crippen LogP contribution is -2.42. The van der Waals surface area contributed by atoms with Crippen LogP contribution in [0, 0.1) is 5.82 Å². The average molecular weight is 460 g/mol. The number of carbonyl (C=O) groups is 1. The number of benzene rings is 2. The van der Waals surface area contributed by atoms with Gasteiger partial charge in [-0.15, -0.1) is 0 Å². The Balaban J connectivity index is 1.44. The topological polar surface area (TPSA) is 47.4 Å². The SMILES string of the molecule is O=C(c1cnn(-c2ccc(Cl)cc2Cl)c1C1CC1)N1CCOC(c2ccc(F)cc2)C1. The van der Waals surface area contributed by atoms with E-state index in [4.69, 9.17) is 27.9 Å². The smallest absolute Gasteiger partial charge is 0.257 e. The first kappa shape index (κ1) is 20.5. The molecule has 1 atom stereocenters. The molecule has 5 nitrogen and oxygen atoms in total. The Morgan fingerprint density at radius 3 is 2.61 bits per heavy atom. The van der Waals surface area contributed by atoms with Crippen LogP contribution in [0.3, 0.4) is 0 Å². The number of carbonyl (C=O) groups excluding carboxylic acids is 1. The molecule has 160 valence electrons. The van der Waals surface area contributed by atoms with Gasteiger partial charge in [0.05, 0.1) is 41.3 Å². The summed E-state index contributed by atoms with van der Waals surface area (Å²) in [7, 11) is 0. The van der Waals surface area contributed by atoms with Gasteiger partial charge >= 0.3 is 0 Å². The molecule has 3 aromatic rings. The highest BCUT2D eigenvalue weighted by atomic mass is 35.5. The van der Waals surface area contributed by atoms with Crippen LogP contribution in [-0.4, -0.2) is 40.3 Å². The highest BCUT2D eigenvalue weighted by Crippen LogP contribution is 2.43. The van der Waals surface area contributed by atoms with Gasteiger partial charge in [-0.05, 0) is 48.7 Å². The van der Waals surface area contributed by atoms with Crippen molar-refractivity contribution in [1.29, 1.82) is 0 Å². The van der Waals surface area contributed by atoms with Crippen LogP contribution < -0.4 is 0 Å². The minimum atomic E-state index is -0.296. The van der Waals surface area contributed by atoms with Crippen LogP contribution in [0.5, 0.6) is 0 Å². The summed E-state index contributed by atoms with van der Waals surface area (Å²) in [5.74, 6) is -0.0920. The quantitative estimate of drug-likeness (QED) is 0.523. The van der Waals surface area contributed by atoms with E-state index in [0.29, 0.717) is 41.0 Å². The summed E-state index contributed by atoms with van der Waals surface area (Å²) in [6.45, 7) is 1.32. The summed E-state index contributed by atoms with van der Waals surface area (Å²) in [6.07, 6.45) is 3.36. The number of morpholine rings is 1. The van der Waals surface area contributed by atoms with E-state index >= 15 is 0 Å². The third-order valence-corrected chi connectivity index (χ3v) is 6.27. The molecule has 2 heterocycles. The van der Waals surface area contributed by atoms with Gasteiger partial charge in [0.15, 0.2) is 0 Å². The first-order valence-electron chi connectivity index (χ1n) is 10.2. The van der Waals surface area contributed by atoms with Crippen LogP contribution in [-0.2, 0) is 4.74 Å². The number of hydrogen-bond donors (Lipinski definition) is 0. The van der Waals surface area contributed by atoms with Crippen molar-refractivity contribution < 1.29 is 13.9 Å². The second-order valence-corrected chi connectivity index (χ2v) is 8.73. The normalized spacial score (nSPS) is 18.9. The standard InChI is InChI=1S/C23H20Cl2FN3O2/c24-16-5-8-20(19(25)11-16)29-22(15-1-2-15)18(12-27-29)23(30)28-9-10-31-21(13-28)14-3-6-17(26)7-4-14/h3-8,11-12,15,21H,1-2,9-10,13H2. The minimum absolute atomic E-state index is 0.0753. The van der Waals surface area contributed by atoms with Crippen molar-refractivity contribution in [2.24, 2.45) is 0 Å². The lowest BCUT2D eigenvalue weighted by molar-refractivity contribution is -0.0228. The molecule has 1 aliphatic carbocycles. The summed E-state index contributed by atoms with van der Waals surface area (Å²) >= 11 is 12.5. The largest absolute Gasteiger partial charge is 0.370 e. The van der Waals surface area contributed by atoms with Crippen molar-refractivity contribution >= 4 is 29.1 Å². The monoisotopic (exact) mass is 459 g/mol. The predicted molar refractivity (Wildman–Crippen MR) is 117 cm³/mol. The van der Waals surface area contributed by atoms with Gasteiger partial charge in [0, 0.05) is 17.5 Å². The molecule has 0 spiro atoms. The molecule has 2 aliphatic rings. The Bertz CT molecular complexity index is 1130. The Labute approximate surface area is 189 Å². The highest BCUT2D eigenvalue weighted by molar-refractivity contribution is 6.35. The van der Waals surface area contributed by atoms with Crippen molar-refractivity contribution in [1.82, 2.24) is 14.7 Å². The zero-order chi connectivity index (χ0) is 21.5. The molecule has 2 aromatic carbocycles. The fraction of sp³-hybridized carbons (Fsp3) is 0.304. The van der Waals surface area contributed by atoms with Crippen molar-refractivity contribution in [3.05, 3.63) is 81.3 Å². The molecule has 0 N–H and O–H groups in total. The van der Waals surface area contributed by atoms with Crippen LogP contribution in [0.4, 0.5) is 4.39 Å². The Morgan fingerprint density at radius 2 is 1.90 bits per heavy atom. The molecule has 1 saturated carbocycles. The number of hydrogen-bond acceptors (Lipinski definition) is 3. The molecule has 0 bridgehead atoms. The van der Waals surface area contributed by atoms with E-state index in [0.717, 1.165) is 24.1 Å². The van der Waals surface area contributed by atoms with Crippen LogP contribution in [0.15, 0.2) is 48.7 Å². The molecule has 1 saturated heterocycles. The Morgan fingerprint density at radius 1 is 1.13 bits per heavy atom. The van der Waals surface area contributed by atoms with Crippen LogP contribution in [0.2, 0.25) is 10.0 Å². The average Bonchev–Trinajstić information content (AvgIpc) is 3.52. The summed E-state index contributed by atoms with van der Waals surface area (Å²) in [5.41, 5.74) is 3.04. The molecule has 8 heteroatoms. The van der Waals surface area contributed by atoms with Gasteiger partial charge in [0.2, 0.25) is 0 Å². The first-order chi connectivity index (χ1) is 15.0. The van der Waals surface area contributed by atoms with E-state index in [1.807, 2.05) is 6.07 Å². The number of ether oxygens (including phenoxy) is 1. The van der Waals surface area contributed by atoms with Crippen LogP contribution in [0.25, 0.3) is 5.69 Å². The van der Waals surface area contributed by atoms with Crippen molar-refractivity contribution in [2.45, 2.75) is 24.9 Å². The van der Waals surface area contributed by atoms with Gasteiger partial charge in [-0.25, -0.2) is 9.07 Å². The molecule has 1 aliphatic heterocycles. The van der Waals surface area contributed by atoms with E-state index < -0.39 is 0 Å². The maximum Gasteiger partial charge on any atom is 0.257 e. The van der Waals surface area contributed by atoms with Gasteiger partial charge in [-0.2, -0.15) is 5.10 Å². The van der Waals surface area contributed by atoms with Gasteiger partial charge < -0.3 is 9.64 Å². The number of amides is 1. The molecule has 0 radical (unpaired) electrons. The first-order valence-corrected chi connectivity index (χ1v) is 11.0. The summed E-state index contributed by atoms with van der Waals surface area (Å²) < 4.78 is 20.9. The Kier molecular flexibility index (Phi) is 5.46. The molecule has 2 fully saturated rings. The van der Waals surface area contributed by atoms with E-state index in [9.17, 15) is 9.18 Å². The lowest BCUT2D eigenvalue weighted by Gasteiger charge is -2.33. The molecule has 1 aromatic heterocycles. The molecular formula is C23H20Cl2FN3O2. The van der Waals surface area contributed by atoms with Crippen LogP contribution >= 0.6 is 23.2 Å². The van der Waals surface area contributed by atoms with Crippen molar-refractivity contribution in [3.63, 3.8) is 0 Å². The fourth-order valence-electron chi connectivity index (χ4n) is 4.00. The van der Waals surface area contributed by atoms with Gasteiger partial charge in [0.25, 0.3) is 5.91 Å². The molecule has 1 amide bonds. The predicted octanol–water partition coefficient (Wildman–Crippen LogP) is 5.41. The lowest BCUT2D eigenvalue weighted by atomic mass is 10.1. The van der Waals surface area contributed by atoms with Crippen molar-refractivity contribution in [2.75, 3.05) is 19.7 Å². The summed E-state index contributed by atoms with van der Waals surface area (Å²) in [5, 5.41) is 5.54. The number of aromatic nitrogens is 2. The third-order valence-electron chi connectivity index (χ3n) is 5.73. The summed E-state index contributed by atoms with van der Waals surface area (Å²) in [4.78, 5) is 15.3. The maximum atomic E-state index is 13.5. The zero-order valence-corrected chi connectivity index (χ0v) is 18.1. The fourth-order valence-corrected chi connectivity index (χ4v) is 4.49. The maximum absolute atomic E-state index is 13.5. The highest BCUT2D eigenvalue weighted by Gasteiger charge is 2.36. The van der Waals surface area contributed by atoms with E-state index in [-0.39, 0.29) is 23.7 Å². The number of halogens is 3.